The fourth-order valence-electron chi connectivity index (χ4n) is 2.78. The largest absolute Gasteiger partial charge is 0.387 e. The third-order valence-corrected chi connectivity index (χ3v) is 4.87. The lowest BCUT2D eigenvalue weighted by atomic mass is 9.83. The lowest BCUT2D eigenvalue weighted by Gasteiger charge is -2.37. The molecule has 2 atom stereocenters. The zero-order valence-corrected chi connectivity index (χ0v) is 10.1. The van der Waals surface area contributed by atoms with Crippen LogP contribution in [0.4, 0.5) is 0 Å². The molecule has 2 aliphatic heterocycles. The van der Waals surface area contributed by atoms with Crippen LogP contribution in [0, 0.1) is 0 Å². The first kappa shape index (κ1) is 10.6. The molecule has 0 radical (unpaired) electrons. The topological polar surface area (TPSA) is 32.3 Å². The molecule has 1 aromatic rings. The summed E-state index contributed by atoms with van der Waals surface area (Å²) in [6.07, 6.45) is 1.99. The first-order valence-corrected chi connectivity index (χ1v) is 7.06. The van der Waals surface area contributed by atoms with Gasteiger partial charge in [0, 0.05) is 5.75 Å². The Labute approximate surface area is 100 Å². The predicted molar refractivity (Wildman–Crippen MR) is 67.8 cm³/mol. The van der Waals surface area contributed by atoms with Crippen molar-refractivity contribution in [2.45, 2.75) is 24.5 Å². The molecule has 2 nitrogen and oxygen atoms in total. The van der Waals surface area contributed by atoms with Crippen LogP contribution in [0.3, 0.4) is 0 Å². The van der Waals surface area contributed by atoms with E-state index in [9.17, 15) is 5.11 Å². The summed E-state index contributed by atoms with van der Waals surface area (Å²) in [6, 6.07) is 8.65. The van der Waals surface area contributed by atoms with Crippen LogP contribution in [0.25, 0.3) is 0 Å². The number of hydrogen-bond acceptors (Lipinski definition) is 3. The fraction of sp³-hybridized carbons (Fsp3) is 0.538. The van der Waals surface area contributed by atoms with Gasteiger partial charge in [0.25, 0.3) is 0 Å². The molecular weight excluding hydrogens is 218 g/mol. The van der Waals surface area contributed by atoms with Gasteiger partial charge in [0.2, 0.25) is 0 Å². The van der Waals surface area contributed by atoms with E-state index in [1.807, 2.05) is 11.8 Å². The summed E-state index contributed by atoms with van der Waals surface area (Å²) in [5, 5.41) is 14.2. The van der Waals surface area contributed by atoms with Gasteiger partial charge in [0.05, 0.1) is 11.6 Å². The maximum Gasteiger partial charge on any atom is 0.0939 e. The summed E-state index contributed by atoms with van der Waals surface area (Å²) in [4.78, 5) is 0. The molecule has 0 aliphatic carbocycles. The Hall–Kier alpha value is -0.510. The highest BCUT2D eigenvalue weighted by atomic mass is 32.2. The molecule has 2 unspecified atom stereocenters. The molecule has 86 valence electrons. The van der Waals surface area contributed by atoms with Crippen molar-refractivity contribution < 1.29 is 5.11 Å². The first-order valence-electron chi connectivity index (χ1n) is 5.91. The van der Waals surface area contributed by atoms with Gasteiger partial charge in [-0.25, -0.2) is 0 Å². The Morgan fingerprint density at radius 3 is 3.06 bits per heavy atom. The summed E-state index contributed by atoms with van der Waals surface area (Å²) >= 11 is 1.86. The van der Waals surface area contributed by atoms with Crippen LogP contribution in [0.2, 0.25) is 0 Å². The second-order valence-electron chi connectivity index (χ2n) is 4.74. The van der Waals surface area contributed by atoms with E-state index in [4.69, 9.17) is 0 Å². The minimum Gasteiger partial charge on any atom is -0.387 e. The summed E-state index contributed by atoms with van der Waals surface area (Å²) < 4.78 is 0. The average Bonchev–Trinajstić information content (AvgIpc) is 2.77. The maximum absolute atomic E-state index is 10.7. The molecule has 0 aromatic heterocycles. The number of nitrogens with one attached hydrogen (secondary N) is 1. The quantitative estimate of drug-likeness (QED) is 0.777. The molecular formula is C13H17NOS. The Morgan fingerprint density at radius 1 is 1.38 bits per heavy atom. The molecule has 0 spiro atoms. The second-order valence-corrected chi connectivity index (χ2v) is 5.85. The van der Waals surface area contributed by atoms with Crippen LogP contribution < -0.4 is 5.32 Å². The van der Waals surface area contributed by atoms with Gasteiger partial charge in [-0.05, 0) is 36.3 Å². The number of thioether (sulfide) groups is 1. The number of benzene rings is 1. The van der Waals surface area contributed by atoms with Gasteiger partial charge in [-0.2, -0.15) is 11.8 Å². The van der Waals surface area contributed by atoms with Crippen molar-refractivity contribution in [1.82, 2.24) is 5.32 Å². The molecule has 0 bridgehead atoms. The second kappa shape index (κ2) is 4.06. The number of hydrogen-bond donors (Lipinski definition) is 2. The number of fused-ring (bicyclic) bond motifs is 1. The Kier molecular flexibility index (Phi) is 2.70. The predicted octanol–water partition coefficient (Wildman–Crippen LogP) is 1.74. The standard InChI is InChI=1S/C13H17NOS/c15-13(6-8-16-9-13)12-11-4-2-1-3-10(11)5-7-14-12/h1-4,12,14-15H,5-9H2. The Bertz CT molecular complexity index is 387. The smallest absolute Gasteiger partial charge is 0.0939 e. The van der Waals surface area contributed by atoms with Gasteiger partial charge < -0.3 is 10.4 Å². The average molecular weight is 235 g/mol. The summed E-state index contributed by atoms with van der Waals surface area (Å²) in [7, 11) is 0. The minimum absolute atomic E-state index is 0.132. The van der Waals surface area contributed by atoms with E-state index in [0.29, 0.717) is 0 Å². The molecule has 1 aromatic carbocycles. The lowest BCUT2D eigenvalue weighted by Crippen LogP contribution is -2.47. The molecule has 1 saturated heterocycles. The minimum atomic E-state index is -0.540. The summed E-state index contributed by atoms with van der Waals surface area (Å²) in [6.45, 7) is 0.981. The van der Waals surface area contributed by atoms with Crippen LogP contribution in [-0.2, 0) is 6.42 Å². The van der Waals surface area contributed by atoms with Crippen molar-refractivity contribution in [2.75, 3.05) is 18.1 Å². The van der Waals surface area contributed by atoms with Crippen molar-refractivity contribution in [3.63, 3.8) is 0 Å². The maximum atomic E-state index is 10.7. The molecule has 3 rings (SSSR count). The third-order valence-electron chi connectivity index (χ3n) is 3.68. The van der Waals surface area contributed by atoms with E-state index in [-0.39, 0.29) is 6.04 Å². The van der Waals surface area contributed by atoms with Gasteiger partial charge in [-0.15, -0.1) is 0 Å². The van der Waals surface area contributed by atoms with E-state index < -0.39 is 5.60 Å². The highest BCUT2D eigenvalue weighted by molar-refractivity contribution is 7.99. The third kappa shape index (κ3) is 1.67. The number of aliphatic hydroxyl groups is 1. The van der Waals surface area contributed by atoms with Gasteiger partial charge in [0.1, 0.15) is 0 Å². The molecule has 0 amide bonds. The van der Waals surface area contributed by atoms with Crippen LogP contribution in [0.1, 0.15) is 23.6 Å². The normalized spacial score (nSPS) is 33.7. The number of rotatable bonds is 1. The van der Waals surface area contributed by atoms with E-state index >= 15 is 0 Å². The molecule has 16 heavy (non-hydrogen) atoms. The SMILES string of the molecule is OC1(C2NCCc3ccccc32)CCSC1. The molecule has 2 heterocycles. The van der Waals surface area contributed by atoms with Gasteiger partial charge in [-0.3, -0.25) is 0 Å². The van der Waals surface area contributed by atoms with Crippen LogP contribution in [0.5, 0.6) is 0 Å². The highest BCUT2D eigenvalue weighted by Crippen LogP contribution is 2.40. The van der Waals surface area contributed by atoms with Crippen LogP contribution in [0.15, 0.2) is 24.3 Å². The van der Waals surface area contributed by atoms with E-state index in [1.165, 1.54) is 11.1 Å². The lowest BCUT2D eigenvalue weighted by molar-refractivity contribution is 0.0238. The summed E-state index contributed by atoms with van der Waals surface area (Å²) in [5.41, 5.74) is 2.16. The first-order chi connectivity index (χ1) is 7.80. The van der Waals surface area contributed by atoms with E-state index in [0.717, 1.165) is 30.9 Å². The molecule has 0 saturated carbocycles. The van der Waals surface area contributed by atoms with Crippen LogP contribution >= 0.6 is 11.8 Å². The van der Waals surface area contributed by atoms with Crippen molar-refractivity contribution >= 4 is 11.8 Å². The van der Waals surface area contributed by atoms with E-state index in [1.54, 1.807) is 0 Å². The molecule has 1 fully saturated rings. The fourth-order valence-corrected chi connectivity index (χ4v) is 4.09. The van der Waals surface area contributed by atoms with Gasteiger partial charge in [0.15, 0.2) is 0 Å². The highest BCUT2D eigenvalue weighted by Gasteiger charge is 2.42. The van der Waals surface area contributed by atoms with Crippen molar-refractivity contribution in [1.29, 1.82) is 0 Å². The van der Waals surface area contributed by atoms with Crippen molar-refractivity contribution in [3.8, 4) is 0 Å². The zero-order chi connectivity index (χ0) is 11.0. The summed E-state index contributed by atoms with van der Waals surface area (Å²) in [5.74, 6) is 1.94. The monoisotopic (exact) mass is 235 g/mol. The van der Waals surface area contributed by atoms with Gasteiger partial charge >= 0.3 is 0 Å². The Balaban J connectivity index is 1.98. The van der Waals surface area contributed by atoms with E-state index in [2.05, 4.69) is 29.6 Å². The molecule has 2 aliphatic rings. The van der Waals surface area contributed by atoms with Crippen LogP contribution in [-0.4, -0.2) is 28.8 Å². The molecule has 2 N–H and O–H groups in total. The van der Waals surface area contributed by atoms with Crippen molar-refractivity contribution in [3.05, 3.63) is 35.4 Å². The zero-order valence-electron chi connectivity index (χ0n) is 9.28. The van der Waals surface area contributed by atoms with Gasteiger partial charge in [-0.1, -0.05) is 24.3 Å². The molecule has 3 heteroatoms. The van der Waals surface area contributed by atoms with Crippen molar-refractivity contribution in [2.24, 2.45) is 0 Å². The Morgan fingerprint density at radius 2 is 2.25 bits per heavy atom.